The molecule has 2 atom stereocenters. The summed E-state index contributed by atoms with van der Waals surface area (Å²) in [4.78, 5) is 0. The van der Waals surface area contributed by atoms with Crippen LogP contribution < -0.4 is 5.32 Å². The molecule has 1 aliphatic rings. The molecule has 4 heteroatoms. The molecular weight excluding hydrogens is 216 g/mol. The van der Waals surface area contributed by atoms with Crippen LogP contribution in [-0.4, -0.2) is 17.5 Å². The van der Waals surface area contributed by atoms with Crippen LogP contribution in [0.4, 0.5) is 8.78 Å². The van der Waals surface area contributed by atoms with Gasteiger partial charge in [-0.05, 0) is 25.1 Å². The Morgan fingerprint density at radius 1 is 1.33 bits per heavy atom. The zero-order chi connectivity index (χ0) is 10.8. The topological polar surface area (TPSA) is 12.0 Å². The molecular formula is C11H13F2NS. The van der Waals surface area contributed by atoms with Gasteiger partial charge in [0, 0.05) is 29.2 Å². The number of hydrogen-bond donors (Lipinski definition) is 1. The molecule has 1 aromatic carbocycles. The predicted octanol–water partition coefficient (Wildman–Crippen LogP) is 2.73. The lowest BCUT2D eigenvalue weighted by atomic mass is 10.1. The first-order valence-electron chi connectivity index (χ1n) is 4.95. The third-order valence-electron chi connectivity index (χ3n) is 2.47. The van der Waals surface area contributed by atoms with Gasteiger partial charge in [0.05, 0.1) is 0 Å². The van der Waals surface area contributed by atoms with Gasteiger partial charge in [0.25, 0.3) is 0 Å². The van der Waals surface area contributed by atoms with Crippen molar-refractivity contribution in [2.45, 2.75) is 19.0 Å². The lowest BCUT2D eigenvalue weighted by Crippen LogP contribution is -2.38. The summed E-state index contributed by atoms with van der Waals surface area (Å²) >= 11 is 1.77. The first-order chi connectivity index (χ1) is 7.16. The van der Waals surface area contributed by atoms with E-state index in [0.29, 0.717) is 11.6 Å². The molecule has 0 spiro atoms. The monoisotopic (exact) mass is 229 g/mol. The van der Waals surface area contributed by atoms with Crippen LogP contribution in [0.1, 0.15) is 18.5 Å². The van der Waals surface area contributed by atoms with Crippen molar-refractivity contribution in [1.82, 2.24) is 5.32 Å². The molecule has 82 valence electrons. The van der Waals surface area contributed by atoms with Crippen LogP contribution in [0.3, 0.4) is 0 Å². The normalized spacial score (nSPS) is 26.6. The van der Waals surface area contributed by atoms with Crippen molar-refractivity contribution in [2.75, 3.05) is 11.5 Å². The molecule has 0 bridgehead atoms. The van der Waals surface area contributed by atoms with E-state index in [9.17, 15) is 8.78 Å². The Bertz CT molecular complexity index is 356. The Hall–Kier alpha value is -0.610. The molecule has 1 saturated heterocycles. The minimum atomic E-state index is -0.378. The third-order valence-corrected chi connectivity index (χ3v) is 3.78. The molecule has 1 aliphatic heterocycles. The summed E-state index contributed by atoms with van der Waals surface area (Å²) in [5.41, 5.74) is 0.439. The summed E-state index contributed by atoms with van der Waals surface area (Å²) in [6, 6.07) is 3.89. The number of hydrogen-bond acceptors (Lipinski definition) is 2. The second kappa shape index (κ2) is 4.49. The summed E-state index contributed by atoms with van der Waals surface area (Å²) < 4.78 is 26.5. The summed E-state index contributed by atoms with van der Waals surface area (Å²) in [6.45, 7) is 2.05. The van der Waals surface area contributed by atoms with Crippen LogP contribution in [0.15, 0.2) is 18.2 Å². The van der Waals surface area contributed by atoms with Gasteiger partial charge >= 0.3 is 0 Å². The van der Waals surface area contributed by atoms with Crippen molar-refractivity contribution in [3.05, 3.63) is 35.4 Å². The molecule has 1 fully saturated rings. The van der Waals surface area contributed by atoms with Crippen molar-refractivity contribution in [2.24, 2.45) is 0 Å². The quantitative estimate of drug-likeness (QED) is 0.794. The molecule has 0 aromatic heterocycles. The van der Waals surface area contributed by atoms with Gasteiger partial charge < -0.3 is 5.32 Å². The first kappa shape index (κ1) is 10.9. The minimum Gasteiger partial charge on any atom is -0.306 e. The highest BCUT2D eigenvalue weighted by Crippen LogP contribution is 2.26. The largest absolute Gasteiger partial charge is 0.306 e. The average molecular weight is 229 g/mol. The molecule has 15 heavy (non-hydrogen) atoms. The number of thioether (sulfide) groups is 1. The minimum absolute atomic E-state index is 0.0746. The van der Waals surface area contributed by atoms with E-state index in [0.717, 1.165) is 17.6 Å². The van der Waals surface area contributed by atoms with E-state index in [1.807, 2.05) is 0 Å². The van der Waals surface area contributed by atoms with Crippen molar-refractivity contribution >= 4 is 11.8 Å². The molecule has 0 aliphatic carbocycles. The van der Waals surface area contributed by atoms with E-state index in [-0.39, 0.29) is 17.7 Å². The fraction of sp³-hybridized carbons (Fsp3) is 0.455. The Balaban J connectivity index is 2.24. The highest BCUT2D eigenvalue weighted by molar-refractivity contribution is 7.99. The Morgan fingerprint density at radius 3 is 2.87 bits per heavy atom. The Morgan fingerprint density at radius 2 is 2.13 bits per heavy atom. The number of benzene rings is 1. The van der Waals surface area contributed by atoms with Gasteiger partial charge in [-0.3, -0.25) is 0 Å². The van der Waals surface area contributed by atoms with Gasteiger partial charge in [0.2, 0.25) is 0 Å². The smallest absolute Gasteiger partial charge is 0.128 e. The summed E-state index contributed by atoms with van der Waals surface area (Å²) in [5.74, 6) is 1.11. The lowest BCUT2D eigenvalue weighted by molar-refractivity contribution is 0.476. The van der Waals surface area contributed by atoms with Crippen molar-refractivity contribution in [3.8, 4) is 0 Å². The van der Waals surface area contributed by atoms with Gasteiger partial charge in [-0.15, -0.1) is 0 Å². The van der Waals surface area contributed by atoms with E-state index in [2.05, 4.69) is 12.2 Å². The molecule has 1 nitrogen and oxygen atoms in total. The van der Waals surface area contributed by atoms with Crippen molar-refractivity contribution < 1.29 is 8.78 Å². The van der Waals surface area contributed by atoms with Crippen molar-refractivity contribution in [3.63, 3.8) is 0 Å². The lowest BCUT2D eigenvalue weighted by Gasteiger charge is -2.28. The highest BCUT2D eigenvalue weighted by Gasteiger charge is 2.22. The Labute approximate surface area is 92.3 Å². The summed E-state index contributed by atoms with van der Waals surface area (Å²) in [6.07, 6.45) is 0. The molecule has 0 radical (unpaired) electrons. The van der Waals surface area contributed by atoms with Crippen LogP contribution in [0.2, 0.25) is 0 Å². The third kappa shape index (κ3) is 2.49. The van der Waals surface area contributed by atoms with E-state index >= 15 is 0 Å². The number of halogens is 2. The fourth-order valence-corrected chi connectivity index (χ4v) is 2.86. The van der Waals surface area contributed by atoms with Crippen LogP contribution in [0.5, 0.6) is 0 Å². The molecule has 0 saturated carbocycles. The first-order valence-corrected chi connectivity index (χ1v) is 6.11. The maximum atomic E-state index is 13.5. The second-order valence-corrected chi connectivity index (χ2v) is 4.90. The molecule has 1 aromatic rings. The van der Waals surface area contributed by atoms with Crippen LogP contribution >= 0.6 is 11.8 Å². The van der Waals surface area contributed by atoms with Crippen LogP contribution in [0.25, 0.3) is 0 Å². The van der Waals surface area contributed by atoms with E-state index in [1.165, 1.54) is 12.1 Å². The maximum Gasteiger partial charge on any atom is 0.128 e. The van der Waals surface area contributed by atoms with Gasteiger partial charge in [-0.2, -0.15) is 11.8 Å². The van der Waals surface area contributed by atoms with Gasteiger partial charge in [0.1, 0.15) is 11.6 Å². The Kier molecular flexibility index (Phi) is 3.26. The molecule has 1 N–H and O–H groups in total. The second-order valence-electron chi connectivity index (χ2n) is 3.82. The standard InChI is InChI=1S/C11H13F2NS/c1-7-5-15-6-11(14-7)9-4-8(12)2-3-10(9)13/h2-4,7,11,14H,5-6H2,1H3. The van der Waals surface area contributed by atoms with E-state index in [4.69, 9.17) is 0 Å². The number of nitrogens with one attached hydrogen (secondary N) is 1. The summed E-state index contributed by atoms with van der Waals surface area (Å²) in [7, 11) is 0. The van der Waals surface area contributed by atoms with Crippen LogP contribution in [-0.2, 0) is 0 Å². The molecule has 1 heterocycles. The van der Waals surface area contributed by atoms with Crippen molar-refractivity contribution in [1.29, 1.82) is 0 Å². The maximum absolute atomic E-state index is 13.5. The van der Waals surface area contributed by atoms with E-state index < -0.39 is 0 Å². The average Bonchev–Trinajstić information content (AvgIpc) is 2.22. The van der Waals surface area contributed by atoms with Gasteiger partial charge in [-0.1, -0.05) is 0 Å². The van der Waals surface area contributed by atoms with Gasteiger partial charge in [0.15, 0.2) is 0 Å². The summed E-state index contributed by atoms with van der Waals surface area (Å²) in [5, 5.41) is 3.27. The highest BCUT2D eigenvalue weighted by atomic mass is 32.2. The zero-order valence-corrected chi connectivity index (χ0v) is 9.28. The zero-order valence-electron chi connectivity index (χ0n) is 8.47. The van der Waals surface area contributed by atoms with Crippen LogP contribution in [0, 0.1) is 11.6 Å². The molecule has 0 amide bonds. The molecule has 2 unspecified atom stereocenters. The van der Waals surface area contributed by atoms with Gasteiger partial charge in [-0.25, -0.2) is 8.78 Å². The number of rotatable bonds is 1. The molecule has 2 rings (SSSR count). The predicted molar refractivity (Wildman–Crippen MR) is 59.0 cm³/mol. The van der Waals surface area contributed by atoms with E-state index in [1.54, 1.807) is 11.8 Å². The SMILES string of the molecule is CC1CSCC(c2cc(F)ccc2F)N1. The fourth-order valence-electron chi connectivity index (χ4n) is 1.76.